The summed E-state index contributed by atoms with van der Waals surface area (Å²) in [7, 11) is 0. The smallest absolute Gasteiger partial charge is 0.345 e. The first-order valence-corrected chi connectivity index (χ1v) is 5.59. The second kappa shape index (κ2) is 4.44. The number of aromatic nitrogens is 2. The van der Waals surface area contributed by atoms with E-state index < -0.39 is 0 Å². The third-order valence-corrected chi connectivity index (χ3v) is 2.26. The average molecular weight is 269 g/mol. The number of fused-ring (bicyclic) bond motifs is 1. The number of H-pyrrole nitrogens is 1. The number of alkyl halides is 1. The van der Waals surface area contributed by atoms with E-state index >= 15 is 0 Å². The summed E-state index contributed by atoms with van der Waals surface area (Å²) in [5, 5.41) is 1.67. The van der Waals surface area contributed by atoms with Crippen molar-refractivity contribution < 1.29 is 4.74 Å². The van der Waals surface area contributed by atoms with Crippen molar-refractivity contribution in [3.8, 4) is 5.75 Å². The first-order chi connectivity index (χ1) is 7.29. The summed E-state index contributed by atoms with van der Waals surface area (Å²) in [4.78, 5) is 17.3. The lowest BCUT2D eigenvalue weighted by Crippen LogP contribution is -2.08. The van der Waals surface area contributed by atoms with E-state index in [2.05, 4.69) is 25.9 Å². The standard InChI is InChI=1S/C10H9BrN2O2/c11-3-4-15-8-2-1-7-6-12-10(14)13-9(7)5-8/h1-2,5-6H,3-4H2,(H,12,13,14). The van der Waals surface area contributed by atoms with Crippen LogP contribution >= 0.6 is 15.9 Å². The van der Waals surface area contributed by atoms with Crippen LogP contribution in [-0.2, 0) is 0 Å². The molecule has 0 aliphatic heterocycles. The molecule has 0 unspecified atom stereocenters. The molecule has 0 aliphatic carbocycles. The highest BCUT2D eigenvalue weighted by Gasteiger charge is 1.98. The molecule has 0 bridgehead atoms. The van der Waals surface area contributed by atoms with Gasteiger partial charge in [0.25, 0.3) is 0 Å². The van der Waals surface area contributed by atoms with Crippen molar-refractivity contribution in [1.82, 2.24) is 9.97 Å². The van der Waals surface area contributed by atoms with Gasteiger partial charge in [0.2, 0.25) is 0 Å². The highest BCUT2D eigenvalue weighted by molar-refractivity contribution is 9.09. The van der Waals surface area contributed by atoms with Crippen molar-refractivity contribution in [3.63, 3.8) is 0 Å². The van der Waals surface area contributed by atoms with E-state index in [9.17, 15) is 4.79 Å². The SMILES string of the molecule is O=c1ncc2ccc(OCCBr)cc2[nH]1. The van der Waals surface area contributed by atoms with Crippen molar-refractivity contribution in [2.75, 3.05) is 11.9 Å². The topological polar surface area (TPSA) is 55.0 Å². The van der Waals surface area contributed by atoms with Crippen molar-refractivity contribution in [2.24, 2.45) is 0 Å². The Hall–Kier alpha value is -1.36. The van der Waals surface area contributed by atoms with Gasteiger partial charge in [-0.25, -0.2) is 9.78 Å². The number of hydrogen-bond acceptors (Lipinski definition) is 3. The fourth-order valence-electron chi connectivity index (χ4n) is 1.28. The number of hydrogen-bond donors (Lipinski definition) is 1. The molecule has 4 nitrogen and oxygen atoms in total. The van der Waals surface area contributed by atoms with Crippen molar-refractivity contribution >= 4 is 26.8 Å². The van der Waals surface area contributed by atoms with Crippen LogP contribution in [0.2, 0.25) is 0 Å². The molecule has 1 heterocycles. The maximum absolute atomic E-state index is 11.0. The molecule has 78 valence electrons. The minimum absolute atomic E-state index is 0.347. The van der Waals surface area contributed by atoms with Crippen LogP contribution in [0.25, 0.3) is 10.9 Å². The van der Waals surface area contributed by atoms with Gasteiger partial charge in [-0.3, -0.25) is 0 Å². The Bertz CT molecular complexity index is 524. The molecule has 0 amide bonds. The predicted molar refractivity (Wildman–Crippen MR) is 61.7 cm³/mol. The van der Waals surface area contributed by atoms with Gasteiger partial charge in [-0.15, -0.1) is 0 Å². The molecule has 0 aliphatic rings. The maximum Gasteiger partial charge on any atom is 0.345 e. The third kappa shape index (κ3) is 2.36. The molecule has 1 N–H and O–H groups in total. The summed E-state index contributed by atoms with van der Waals surface area (Å²) >= 11 is 3.28. The van der Waals surface area contributed by atoms with Gasteiger partial charge in [0.15, 0.2) is 0 Å². The van der Waals surface area contributed by atoms with E-state index in [0.29, 0.717) is 6.61 Å². The Morgan fingerprint density at radius 2 is 2.33 bits per heavy atom. The summed E-state index contributed by atoms with van der Waals surface area (Å²) in [6.07, 6.45) is 1.54. The zero-order chi connectivity index (χ0) is 10.7. The normalized spacial score (nSPS) is 10.5. The number of halogens is 1. The molecule has 0 fully saturated rings. The van der Waals surface area contributed by atoms with Gasteiger partial charge in [-0.1, -0.05) is 15.9 Å². The van der Waals surface area contributed by atoms with Crippen molar-refractivity contribution in [3.05, 3.63) is 34.9 Å². The number of nitrogens with one attached hydrogen (secondary N) is 1. The Morgan fingerprint density at radius 1 is 1.47 bits per heavy atom. The zero-order valence-corrected chi connectivity index (χ0v) is 9.45. The van der Waals surface area contributed by atoms with Crippen LogP contribution in [0.15, 0.2) is 29.2 Å². The molecule has 0 radical (unpaired) electrons. The van der Waals surface area contributed by atoms with Gasteiger partial charge < -0.3 is 9.72 Å². The highest BCUT2D eigenvalue weighted by Crippen LogP contribution is 2.17. The molecule has 0 spiro atoms. The number of benzene rings is 1. The lowest BCUT2D eigenvalue weighted by atomic mass is 10.2. The highest BCUT2D eigenvalue weighted by atomic mass is 79.9. The molecular weight excluding hydrogens is 260 g/mol. The summed E-state index contributed by atoms with van der Waals surface area (Å²) in [5.41, 5.74) is 0.391. The molecule has 0 saturated heterocycles. The third-order valence-electron chi connectivity index (χ3n) is 1.93. The number of rotatable bonds is 3. The summed E-state index contributed by atoms with van der Waals surface area (Å²) in [6, 6.07) is 5.51. The lowest BCUT2D eigenvalue weighted by Gasteiger charge is -2.04. The van der Waals surface area contributed by atoms with Gasteiger partial charge in [0.1, 0.15) is 5.75 Å². The maximum atomic E-state index is 11.0. The molecule has 2 aromatic rings. The molecule has 2 rings (SSSR count). The second-order valence-electron chi connectivity index (χ2n) is 2.97. The number of ether oxygens (including phenoxy) is 1. The quantitative estimate of drug-likeness (QED) is 0.863. The predicted octanol–water partition coefficient (Wildman–Crippen LogP) is 1.70. The Morgan fingerprint density at radius 3 is 3.13 bits per heavy atom. The fourth-order valence-corrected chi connectivity index (χ4v) is 1.44. The zero-order valence-electron chi connectivity index (χ0n) is 7.87. The van der Waals surface area contributed by atoms with Crippen LogP contribution in [0.1, 0.15) is 0 Å². The van der Waals surface area contributed by atoms with E-state index in [4.69, 9.17) is 4.74 Å². The Balaban J connectivity index is 2.40. The molecule has 15 heavy (non-hydrogen) atoms. The largest absolute Gasteiger partial charge is 0.493 e. The molecule has 0 atom stereocenters. The van der Waals surface area contributed by atoms with Crippen LogP contribution in [0.4, 0.5) is 0 Å². The van der Waals surface area contributed by atoms with Crippen LogP contribution in [0.3, 0.4) is 0 Å². The average Bonchev–Trinajstić information content (AvgIpc) is 2.25. The van der Waals surface area contributed by atoms with Crippen molar-refractivity contribution in [1.29, 1.82) is 0 Å². The van der Waals surface area contributed by atoms with Crippen LogP contribution < -0.4 is 10.4 Å². The molecule has 5 heteroatoms. The molecular formula is C10H9BrN2O2. The van der Waals surface area contributed by atoms with Crippen LogP contribution in [-0.4, -0.2) is 21.9 Å². The number of aromatic amines is 1. The monoisotopic (exact) mass is 268 g/mol. The minimum atomic E-state index is -0.347. The summed E-state index contributed by atoms with van der Waals surface area (Å²) in [5.74, 6) is 0.740. The Labute approximate surface area is 94.4 Å². The fraction of sp³-hybridized carbons (Fsp3) is 0.200. The van der Waals surface area contributed by atoms with Crippen LogP contribution in [0.5, 0.6) is 5.75 Å². The van der Waals surface area contributed by atoms with Gasteiger partial charge in [0.05, 0.1) is 12.1 Å². The first kappa shape index (κ1) is 10.2. The van der Waals surface area contributed by atoms with Crippen LogP contribution in [0, 0.1) is 0 Å². The summed E-state index contributed by atoms with van der Waals surface area (Å²) in [6.45, 7) is 0.598. The second-order valence-corrected chi connectivity index (χ2v) is 3.77. The van der Waals surface area contributed by atoms with Gasteiger partial charge in [-0.2, -0.15) is 0 Å². The molecule has 1 aromatic carbocycles. The minimum Gasteiger partial charge on any atom is -0.493 e. The van der Waals surface area contributed by atoms with Gasteiger partial charge in [0, 0.05) is 23.0 Å². The van der Waals surface area contributed by atoms with Gasteiger partial charge in [-0.05, 0) is 12.1 Å². The number of nitrogens with zero attached hydrogens (tertiary/aromatic N) is 1. The van der Waals surface area contributed by atoms with Gasteiger partial charge >= 0.3 is 5.69 Å². The van der Waals surface area contributed by atoms with E-state index in [1.807, 2.05) is 12.1 Å². The van der Waals surface area contributed by atoms with E-state index in [0.717, 1.165) is 22.0 Å². The molecule has 1 aromatic heterocycles. The van der Waals surface area contributed by atoms with E-state index in [-0.39, 0.29) is 5.69 Å². The molecule has 0 saturated carbocycles. The van der Waals surface area contributed by atoms with E-state index in [1.54, 1.807) is 12.3 Å². The summed E-state index contributed by atoms with van der Waals surface area (Å²) < 4.78 is 5.41. The Kier molecular flexibility index (Phi) is 3.01. The first-order valence-electron chi connectivity index (χ1n) is 4.47. The van der Waals surface area contributed by atoms with Crippen molar-refractivity contribution in [2.45, 2.75) is 0 Å². The van der Waals surface area contributed by atoms with E-state index in [1.165, 1.54) is 0 Å². The lowest BCUT2D eigenvalue weighted by molar-refractivity contribution is 0.345.